The summed E-state index contributed by atoms with van der Waals surface area (Å²) < 4.78 is 0. The summed E-state index contributed by atoms with van der Waals surface area (Å²) in [7, 11) is 2.12. The van der Waals surface area contributed by atoms with Crippen molar-refractivity contribution in [3.05, 3.63) is 24.0 Å². The first-order valence-electron chi connectivity index (χ1n) is 6.71. The van der Waals surface area contributed by atoms with Gasteiger partial charge in [0.15, 0.2) is 0 Å². The van der Waals surface area contributed by atoms with Crippen LogP contribution in [-0.2, 0) is 0 Å². The standard InChI is InChI=1S/C15H27N3/c1-7-13(16)14-9-8-12(10-17-14)18(6)11(2)15(3,4)5/h8-11,13H,7,16H2,1-6H3. The third-order valence-electron chi connectivity index (χ3n) is 3.83. The number of nitrogens with zero attached hydrogens (tertiary/aromatic N) is 2. The molecule has 0 radical (unpaired) electrons. The second kappa shape index (κ2) is 5.70. The highest BCUT2D eigenvalue weighted by atomic mass is 15.1. The number of pyridine rings is 1. The summed E-state index contributed by atoms with van der Waals surface area (Å²) in [4.78, 5) is 6.74. The summed E-state index contributed by atoms with van der Waals surface area (Å²) in [5.74, 6) is 0. The molecule has 3 heteroatoms. The van der Waals surface area contributed by atoms with E-state index in [2.05, 4.69) is 57.6 Å². The fourth-order valence-corrected chi connectivity index (χ4v) is 1.84. The van der Waals surface area contributed by atoms with Gasteiger partial charge < -0.3 is 10.6 Å². The second-order valence-corrected chi connectivity index (χ2v) is 6.11. The van der Waals surface area contributed by atoms with Crippen LogP contribution >= 0.6 is 0 Å². The summed E-state index contributed by atoms with van der Waals surface area (Å²) in [6.45, 7) is 11.1. The van der Waals surface area contributed by atoms with Crippen molar-refractivity contribution in [3.63, 3.8) is 0 Å². The second-order valence-electron chi connectivity index (χ2n) is 6.11. The lowest BCUT2D eigenvalue weighted by Gasteiger charge is -2.36. The fraction of sp³-hybridized carbons (Fsp3) is 0.667. The molecule has 1 heterocycles. The molecule has 0 spiro atoms. The van der Waals surface area contributed by atoms with Gasteiger partial charge in [-0.25, -0.2) is 0 Å². The number of anilines is 1. The van der Waals surface area contributed by atoms with Gasteiger partial charge in [0, 0.05) is 19.1 Å². The van der Waals surface area contributed by atoms with Crippen LogP contribution in [0, 0.1) is 5.41 Å². The molecule has 1 aromatic heterocycles. The Hall–Kier alpha value is -1.09. The topological polar surface area (TPSA) is 42.1 Å². The molecule has 1 aromatic rings. The maximum Gasteiger partial charge on any atom is 0.0572 e. The largest absolute Gasteiger partial charge is 0.370 e. The first kappa shape index (κ1) is 15.0. The molecule has 0 saturated carbocycles. The molecule has 0 aliphatic rings. The van der Waals surface area contributed by atoms with Crippen molar-refractivity contribution in [1.29, 1.82) is 0 Å². The van der Waals surface area contributed by atoms with Crippen LogP contribution < -0.4 is 10.6 Å². The third kappa shape index (κ3) is 3.45. The molecule has 0 fully saturated rings. The lowest BCUT2D eigenvalue weighted by molar-refractivity contribution is 0.329. The lowest BCUT2D eigenvalue weighted by atomic mass is 9.87. The normalized spacial score (nSPS) is 15.3. The zero-order valence-electron chi connectivity index (χ0n) is 12.6. The van der Waals surface area contributed by atoms with Crippen molar-refractivity contribution in [3.8, 4) is 0 Å². The molecule has 0 aliphatic carbocycles. The van der Waals surface area contributed by atoms with Crippen LogP contribution in [-0.4, -0.2) is 18.1 Å². The smallest absolute Gasteiger partial charge is 0.0572 e. The summed E-state index contributed by atoms with van der Waals surface area (Å²) >= 11 is 0. The quantitative estimate of drug-likeness (QED) is 0.889. The highest BCUT2D eigenvalue weighted by Gasteiger charge is 2.24. The first-order valence-corrected chi connectivity index (χ1v) is 6.71. The van der Waals surface area contributed by atoms with Crippen LogP contribution in [0.4, 0.5) is 5.69 Å². The van der Waals surface area contributed by atoms with E-state index in [1.807, 2.05) is 12.3 Å². The first-order chi connectivity index (χ1) is 8.27. The van der Waals surface area contributed by atoms with E-state index in [1.54, 1.807) is 0 Å². The van der Waals surface area contributed by atoms with Gasteiger partial charge in [-0.3, -0.25) is 4.98 Å². The van der Waals surface area contributed by atoms with Gasteiger partial charge in [0.05, 0.1) is 17.6 Å². The van der Waals surface area contributed by atoms with E-state index < -0.39 is 0 Å². The fourth-order valence-electron chi connectivity index (χ4n) is 1.84. The van der Waals surface area contributed by atoms with E-state index in [9.17, 15) is 0 Å². The van der Waals surface area contributed by atoms with Crippen LogP contribution in [0.15, 0.2) is 18.3 Å². The van der Waals surface area contributed by atoms with Crippen molar-refractivity contribution >= 4 is 5.69 Å². The van der Waals surface area contributed by atoms with Crippen molar-refractivity contribution in [1.82, 2.24) is 4.98 Å². The molecule has 2 atom stereocenters. The molecular weight excluding hydrogens is 222 g/mol. The Morgan fingerprint density at radius 1 is 1.33 bits per heavy atom. The van der Waals surface area contributed by atoms with Crippen LogP contribution in [0.1, 0.15) is 52.8 Å². The van der Waals surface area contributed by atoms with E-state index >= 15 is 0 Å². The summed E-state index contributed by atoms with van der Waals surface area (Å²) in [5.41, 5.74) is 8.33. The summed E-state index contributed by atoms with van der Waals surface area (Å²) in [6, 6.07) is 4.64. The summed E-state index contributed by atoms with van der Waals surface area (Å²) in [5, 5.41) is 0. The maximum atomic E-state index is 5.97. The molecule has 0 aromatic carbocycles. The number of hydrogen-bond donors (Lipinski definition) is 1. The maximum absolute atomic E-state index is 5.97. The molecule has 1 rings (SSSR count). The van der Waals surface area contributed by atoms with Crippen LogP contribution in [0.2, 0.25) is 0 Å². The molecule has 3 nitrogen and oxygen atoms in total. The van der Waals surface area contributed by atoms with Crippen LogP contribution in [0.3, 0.4) is 0 Å². The number of hydrogen-bond acceptors (Lipinski definition) is 3. The highest BCUT2D eigenvalue weighted by molar-refractivity contribution is 5.45. The Labute approximate surface area is 111 Å². The molecule has 0 amide bonds. The average Bonchev–Trinajstić information content (AvgIpc) is 2.35. The molecule has 18 heavy (non-hydrogen) atoms. The van der Waals surface area contributed by atoms with E-state index in [1.165, 1.54) is 0 Å². The van der Waals surface area contributed by atoms with Gasteiger partial charge in [0.25, 0.3) is 0 Å². The van der Waals surface area contributed by atoms with Gasteiger partial charge in [-0.2, -0.15) is 0 Å². The minimum absolute atomic E-state index is 0.0457. The molecule has 102 valence electrons. The average molecular weight is 249 g/mol. The number of rotatable bonds is 4. The zero-order chi connectivity index (χ0) is 13.9. The Balaban J connectivity index is 2.85. The van der Waals surface area contributed by atoms with Crippen molar-refractivity contribution in [2.45, 2.75) is 53.1 Å². The van der Waals surface area contributed by atoms with Gasteiger partial charge >= 0.3 is 0 Å². The van der Waals surface area contributed by atoms with E-state index in [0.717, 1.165) is 17.8 Å². The molecule has 2 N–H and O–H groups in total. The Morgan fingerprint density at radius 2 is 1.94 bits per heavy atom. The predicted octanol–water partition coefficient (Wildman–Crippen LogP) is 3.36. The van der Waals surface area contributed by atoms with Gasteiger partial charge in [-0.1, -0.05) is 27.7 Å². The van der Waals surface area contributed by atoms with Crippen molar-refractivity contribution < 1.29 is 0 Å². The molecule has 0 aliphatic heterocycles. The SMILES string of the molecule is CCC(N)c1ccc(N(C)C(C)C(C)(C)C)cn1. The Kier molecular flexibility index (Phi) is 4.74. The van der Waals surface area contributed by atoms with Gasteiger partial charge in [-0.15, -0.1) is 0 Å². The van der Waals surface area contributed by atoms with Crippen molar-refractivity contribution in [2.75, 3.05) is 11.9 Å². The van der Waals surface area contributed by atoms with Gasteiger partial charge in [0.1, 0.15) is 0 Å². The van der Waals surface area contributed by atoms with Gasteiger partial charge in [0.2, 0.25) is 0 Å². The molecule has 2 unspecified atom stereocenters. The predicted molar refractivity (Wildman–Crippen MR) is 78.8 cm³/mol. The Bertz CT molecular complexity index is 364. The van der Waals surface area contributed by atoms with Crippen molar-refractivity contribution in [2.24, 2.45) is 11.1 Å². The van der Waals surface area contributed by atoms with Crippen LogP contribution in [0.25, 0.3) is 0 Å². The minimum Gasteiger partial charge on any atom is -0.370 e. The highest BCUT2D eigenvalue weighted by Crippen LogP contribution is 2.27. The minimum atomic E-state index is 0.0457. The molecule has 0 saturated heterocycles. The lowest BCUT2D eigenvalue weighted by Crippen LogP contribution is -2.39. The monoisotopic (exact) mass is 249 g/mol. The molecule has 0 bridgehead atoms. The van der Waals surface area contributed by atoms with Crippen LogP contribution in [0.5, 0.6) is 0 Å². The number of aromatic nitrogens is 1. The zero-order valence-corrected chi connectivity index (χ0v) is 12.6. The van der Waals surface area contributed by atoms with E-state index in [4.69, 9.17) is 5.73 Å². The molecular formula is C15H27N3. The third-order valence-corrected chi connectivity index (χ3v) is 3.83. The van der Waals surface area contributed by atoms with Gasteiger partial charge in [-0.05, 0) is 30.9 Å². The van der Waals surface area contributed by atoms with E-state index in [0.29, 0.717) is 6.04 Å². The Morgan fingerprint density at radius 3 is 2.33 bits per heavy atom. The van der Waals surface area contributed by atoms with E-state index in [-0.39, 0.29) is 11.5 Å². The number of nitrogens with two attached hydrogens (primary N) is 1. The summed E-state index contributed by atoms with van der Waals surface area (Å²) in [6.07, 6.45) is 2.84.